The minimum Gasteiger partial charge on any atom is -0.309 e. The highest BCUT2D eigenvalue weighted by Gasteiger charge is 2.24. The van der Waals surface area contributed by atoms with Gasteiger partial charge in [-0.3, -0.25) is 0 Å². The van der Waals surface area contributed by atoms with E-state index in [0.29, 0.717) is 0 Å². The topological polar surface area (TPSA) is 3.24 Å². The first kappa shape index (κ1) is 34.5. The second-order valence-electron chi connectivity index (χ2n) is 15.2. The third-order valence-corrected chi connectivity index (χ3v) is 11.8. The Hall–Kier alpha value is -7.74. The normalized spacial score (nSPS) is 11.4. The number of hydrogen-bond acceptors (Lipinski definition) is 1. The molecular formula is C58H39N. The van der Waals surface area contributed by atoms with Gasteiger partial charge in [-0.2, -0.15) is 0 Å². The van der Waals surface area contributed by atoms with Crippen molar-refractivity contribution in [3.63, 3.8) is 0 Å². The van der Waals surface area contributed by atoms with Gasteiger partial charge in [0, 0.05) is 16.6 Å². The Bertz CT molecular complexity index is 3310. The number of anilines is 3. The van der Waals surface area contributed by atoms with Crippen LogP contribution >= 0.6 is 0 Å². The van der Waals surface area contributed by atoms with Crippen LogP contribution in [0.25, 0.3) is 87.6 Å². The van der Waals surface area contributed by atoms with E-state index in [9.17, 15) is 0 Å². The molecule has 276 valence electrons. The summed E-state index contributed by atoms with van der Waals surface area (Å²) in [6.07, 6.45) is 0. The molecule has 0 aliphatic rings. The highest BCUT2D eigenvalue weighted by atomic mass is 15.1. The van der Waals surface area contributed by atoms with Gasteiger partial charge in [0.05, 0.1) is 11.4 Å². The zero-order chi connectivity index (χ0) is 39.1. The van der Waals surface area contributed by atoms with Gasteiger partial charge in [-0.15, -0.1) is 0 Å². The van der Waals surface area contributed by atoms with Crippen molar-refractivity contribution in [3.8, 4) is 44.5 Å². The molecule has 0 atom stereocenters. The number of hydrogen-bond donors (Lipinski definition) is 0. The Kier molecular flexibility index (Phi) is 8.56. The van der Waals surface area contributed by atoms with Gasteiger partial charge in [0.2, 0.25) is 0 Å². The van der Waals surface area contributed by atoms with Crippen molar-refractivity contribution in [2.45, 2.75) is 0 Å². The lowest BCUT2D eigenvalue weighted by Crippen LogP contribution is -2.12. The molecule has 0 amide bonds. The number of nitrogens with zero attached hydrogens (tertiary/aromatic N) is 1. The van der Waals surface area contributed by atoms with E-state index in [0.717, 1.165) is 17.1 Å². The van der Waals surface area contributed by atoms with E-state index in [2.05, 4.69) is 241 Å². The Morgan fingerprint density at radius 1 is 0.237 bits per heavy atom. The summed E-state index contributed by atoms with van der Waals surface area (Å²) >= 11 is 0. The van der Waals surface area contributed by atoms with Gasteiger partial charge in [-0.1, -0.05) is 206 Å². The molecule has 0 bridgehead atoms. The van der Waals surface area contributed by atoms with Gasteiger partial charge >= 0.3 is 0 Å². The number of rotatable bonds is 7. The minimum absolute atomic E-state index is 1.09. The zero-order valence-electron chi connectivity index (χ0n) is 32.5. The summed E-state index contributed by atoms with van der Waals surface area (Å²) in [6, 6.07) is 86.4. The summed E-state index contributed by atoms with van der Waals surface area (Å²) < 4.78 is 0. The highest BCUT2D eigenvalue weighted by molar-refractivity contribution is 6.16. The Morgan fingerprint density at radius 2 is 0.746 bits per heavy atom. The van der Waals surface area contributed by atoms with Crippen molar-refractivity contribution in [2.75, 3.05) is 4.90 Å². The van der Waals surface area contributed by atoms with Gasteiger partial charge in [0.1, 0.15) is 0 Å². The molecule has 59 heavy (non-hydrogen) atoms. The fourth-order valence-corrected chi connectivity index (χ4v) is 9.06. The molecule has 0 radical (unpaired) electrons. The lowest BCUT2D eigenvalue weighted by Gasteiger charge is -2.31. The van der Waals surface area contributed by atoms with Gasteiger partial charge in [-0.25, -0.2) is 0 Å². The Balaban J connectivity index is 1.17. The van der Waals surface area contributed by atoms with E-state index < -0.39 is 0 Å². The first-order valence-corrected chi connectivity index (χ1v) is 20.3. The maximum atomic E-state index is 2.49. The molecule has 0 N–H and O–H groups in total. The molecule has 0 spiro atoms. The molecule has 1 heteroatoms. The summed E-state index contributed by atoms with van der Waals surface area (Å²) in [6.45, 7) is 0. The monoisotopic (exact) mass is 749 g/mol. The van der Waals surface area contributed by atoms with Crippen molar-refractivity contribution >= 4 is 60.2 Å². The quantitative estimate of drug-likeness (QED) is 0.147. The second-order valence-corrected chi connectivity index (χ2v) is 15.2. The van der Waals surface area contributed by atoms with E-state index in [1.54, 1.807) is 0 Å². The third kappa shape index (κ3) is 6.12. The largest absolute Gasteiger partial charge is 0.309 e. The van der Waals surface area contributed by atoms with Crippen LogP contribution in [0.4, 0.5) is 17.1 Å². The summed E-state index contributed by atoms with van der Waals surface area (Å²) in [5, 5.41) is 9.96. The van der Waals surface area contributed by atoms with Crippen molar-refractivity contribution in [3.05, 3.63) is 237 Å². The van der Waals surface area contributed by atoms with E-state index in [1.165, 1.54) is 87.6 Å². The minimum atomic E-state index is 1.09. The zero-order valence-corrected chi connectivity index (χ0v) is 32.5. The van der Waals surface area contributed by atoms with Crippen LogP contribution in [0.3, 0.4) is 0 Å². The van der Waals surface area contributed by atoms with Crippen LogP contribution in [0.1, 0.15) is 0 Å². The standard InChI is InChI=1S/C58H39N/c1-3-16-41(17-4-1)49-23-11-14-27-55(49)58-52(42-18-5-2-6-19-42)28-15-29-56(58)59(57-39-45-21-8-10-24-50(45)53-25-12-13-26-54(53)57)47-35-32-40(33-36-47)44-34-37-51-46(38-44)31-30-43-20-7-9-22-48(43)51/h1-39H. The fourth-order valence-electron chi connectivity index (χ4n) is 9.06. The molecule has 11 aromatic carbocycles. The van der Waals surface area contributed by atoms with Gasteiger partial charge in [0.25, 0.3) is 0 Å². The predicted octanol–water partition coefficient (Wildman–Crippen LogP) is 16.4. The smallest absolute Gasteiger partial charge is 0.0546 e. The predicted molar refractivity (Wildman–Crippen MR) is 253 cm³/mol. The van der Waals surface area contributed by atoms with E-state index in [1.807, 2.05) is 0 Å². The van der Waals surface area contributed by atoms with Crippen molar-refractivity contribution < 1.29 is 0 Å². The van der Waals surface area contributed by atoms with E-state index in [4.69, 9.17) is 0 Å². The van der Waals surface area contributed by atoms with Gasteiger partial charge in [0.15, 0.2) is 0 Å². The second kappa shape index (κ2) is 14.6. The summed E-state index contributed by atoms with van der Waals surface area (Å²) in [5.74, 6) is 0. The summed E-state index contributed by atoms with van der Waals surface area (Å²) in [5.41, 5.74) is 12.8. The van der Waals surface area contributed by atoms with Crippen molar-refractivity contribution in [1.82, 2.24) is 0 Å². The molecule has 0 heterocycles. The van der Waals surface area contributed by atoms with Gasteiger partial charge < -0.3 is 4.90 Å². The number of benzene rings is 11. The van der Waals surface area contributed by atoms with Crippen LogP contribution in [0.5, 0.6) is 0 Å². The molecule has 0 fully saturated rings. The molecule has 11 aromatic rings. The number of fused-ring (bicyclic) bond motifs is 6. The molecule has 0 unspecified atom stereocenters. The van der Waals surface area contributed by atoms with E-state index >= 15 is 0 Å². The average Bonchev–Trinajstić information content (AvgIpc) is 3.32. The van der Waals surface area contributed by atoms with Crippen molar-refractivity contribution in [2.24, 2.45) is 0 Å². The SMILES string of the molecule is c1ccc(-c2ccccc2-c2c(-c3ccccc3)cccc2N(c2ccc(-c3ccc4c(ccc5ccccc54)c3)cc2)c2cc3ccccc3c3ccccc23)cc1. The molecule has 0 saturated heterocycles. The third-order valence-electron chi connectivity index (χ3n) is 11.8. The lowest BCUT2D eigenvalue weighted by atomic mass is 9.87. The molecule has 0 aliphatic heterocycles. The maximum absolute atomic E-state index is 2.49. The van der Waals surface area contributed by atoms with Crippen LogP contribution in [-0.4, -0.2) is 0 Å². The average molecular weight is 750 g/mol. The lowest BCUT2D eigenvalue weighted by molar-refractivity contribution is 1.30. The molecular weight excluding hydrogens is 711 g/mol. The van der Waals surface area contributed by atoms with Crippen LogP contribution < -0.4 is 4.90 Å². The summed E-state index contributed by atoms with van der Waals surface area (Å²) in [4.78, 5) is 2.49. The molecule has 1 nitrogen and oxygen atoms in total. The van der Waals surface area contributed by atoms with Crippen LogP contribution in [0, 0.1) is 0 Å². The van der Waals surface area contributed by atoms with Crippen LogP contribution in [0.2, 0.25) is 0 Å². The Morgan fingerprint density at radius 3 is 1.49 bits per heavy atom. The molecule has 11 rings (SSSR count). The first-order chi connectivity index (χ1) is 29.3. The molecule has 0 saturated carbocycles. The maximum Gasteiger partial charge on any atom is 0.0546 e. The fraction of sp³-hybridized carbons (Fsp3) is 0. The first-order valence-electron chi connectivity index (χ1n) is 20.3. The highest BCUT2D eigenvalue weighted by Crippen LogP contribution is 2.50. The van der Waals surface area contributed by atoms with E-state index in [-0.39, 0.29) is 0 Å². The molecule has 0 aromatic heterocycles. The van der Waals surface area contributed by atoms with Gasteiger partial charge in [-0.05, 0) is 107 Å². The van der Waals surface area contributed by atoms with Crippen LogP contribution in [0.15, 0.2) is 237 Å². The summed E-state index contributed by atoms with van der Waals surface area (Å²) in [7, 11) is 0. The van der Waals surface area contributed by atoms with Crippen molar-refractivity contribution in [1.29, 1.82) is 0 Å². The Labute approximate surface area is 344 Å². The molecule has 0 aliphatic carbocycles. The van der Waals surface area contributed by atoms with Crippen LogP contribution in [-0.2, 0) is 0 Å².